The topological polar surface area (TPSA) is 62.2 Å². The second kappa shape index (κ2) is 5.95. The highest BCUT2D eigenvalue weighted by molar-refractivity contribution is 5.94. The van der Waals surface area contributed by atoms with Crippen molar-refractivity contribution in [2.75, 3.05) is 11.9 Å². The summed E-state index contributed by atoms with van der Waals surface area (Å²) in [6.07, 6.45) is 4.03. The number of pyridine rings is 1. The van der Waals surface area contributed by atoms with Crippen LogP contribution in [-0.2, 0) is 6.42 Å². The van der Waals surface area contributed by atoms with Crippen LogP contribution in [-0.4, -0.2) is 22.6 Å². The predicted molar refractivity (Wildman–Crippen MR) is 69.8 cm³/mol. The van der Waals surface area contributed by atoms with Crippen molar-refractivity contribution in [3.05, 3.63) is 59.7 Å². The van der Waals surface area contributed by atoms with Gasteiger partial charge in [0.25, 0.3) is 0 Å². The Kier molecular flexibility index (Phi) is 4.07. The smallest absolute Gasteiger partial charge is 0.337 e. The Labute approximate surface area is 109 Å². The zero-order chi connectivity index (χ0) is 13.7. The number of benzene rings is 1. The molecule has 0 bridgehead atoms. The summed E-state index contributed by atoms with van der Waals surface area (Å²) in [6.45, 7) is 0.450. The molecule has 5 heteroatoms. The monoisotopic (exact) mass is 260 g/mol. The van der Waals surface area contributed by atoms with Crippen LogP contribution in [0.2, 0.25) is 0 Å². The molecule has 2 aromatic rings. The number of carboxylic acid groups (broad SMARTS) is 1. The Bertz CT molecular complexity index is 573. The van der Waals surface area contributed by atoms with E-state index in [1.807, 2.05) is 12.1 Å². The van der Waals surface area contributed by atoms with Gasteiger partial charge in [0.15, 0.2) is 0 Å². The van der Waals surface area contributed by atoms with Crippen molar-refractivity contribution in [1.82, 2.24) is 4.98 Å². The van der Waals surface area contributed by atoms with Crippen LogP contribution in [0.15, 0.2) is 42.7 Å². The van der Waals surface area contributed by atoms with E-state index in [2.05, 4.69) is 10.3 Å². The molecule has 0 saturated carbocycles. The summed E-state index contributed by atoms with van der Waals surface area (Å²) in [5.41, 5.74) is 1.02. The standard InChI is InChI=1S/C14H13FN2O2/c15-12-3-1-2-11(14(18)19)13(12)17-9-6-10-4-7-16-8-5-10/h1-5,7-8,17H,6,9H2,(H,18,19). The Balaban J connectivity index is 2.05. The largest absolute Gasteiger partial charge is 0.478 e. The van der Waals surface area contributed by atoms with Crippen molar-refractivity contribution < 1.29 is 14.3 Å². The lowest BCUT2D eigenvalue weighted by Crippen LogP contribution is -2.11. The SMILES string of the molecule is O=C(O)c1cccc(F)c1NCCc1ccncc1. The molecule has 19 heavy (non-hydrogen) atoms. The van der Waals surface area contributed by atoms with Crippen LogP contribution in [0.5, 0.6) is 0 Å². The van der Waals surface area contributed by atoms with E-state index in [9.17, 15) is 9.18 Å². The van der Waals surface area contributed by atoms with Gasteiger partial charge in [0.2, 0.25) is 0 Å². The van der Waals surface area contributed by atoms with Crippen molar-refractivity contribution in [2.24, 2.45) is 0 Å². The first kappa shape index (κ1) is 13.0. The molecule has 1 heterocycles. The molecule has 0 spiro atoms. The molecule has 0 fully saturated rings. The minimum atomic E-state index is -1.15. The number of halogens is 1. The van der Waals surface area contributed by atoms with Crippen LogP contribution in [0.3, 0.4) is 0 Å². The molecule has 4 nitrogen and oxygen atoms in total. The maximum Gasteiger partial charge on any atom is 0.337 e. The van der Waals surface area contributed by atoms with Gasteiger partial charge in [-0.1, -0.05) is 6.07 Å². The van der Waals surface area contributed by atoms with Gasteiger partial charge in [-0.05, 0) is 36.2 Å². The lowest BCUT2D eigenvalue weighted by atomic mass is 10.1. The third kappa shape index (κ3) is 3.28. The average molecular weight is 260 g/mol. The summed E-state index contributed by atoms with van der Waals surface area (Å²) in [5, 5.41) is 11.8. The second-order valence-corrected chi connectivity index (χ2v) is 4.00. The van der Waals surface area contributed by atoms with Gasteiger partial charge in [-0.15, -0.1) is 0 Å². The first-order valence-electron chi connectivity index (χ1n) is 5.83. The van der Waals surface area contributed by atoms with E-state index in [1.165, 1.54) is 18.2 Å². The predicted octanol–water partition coefficient (Wildman–Crippen LogP) is 2.57. The molecule has 0 aliphatic rings. The Morgan fingerprint density at radius 2 is 2.00 bits per heavy atom. The Hall–Kier alpha value is -2.43. The molecular formula is C14H13FN2O2. The summed E-state index contributed by atoms with van der Waals surface area (Å²) >= 11 is 0. The van der Waals surface area contributed by atoms with Crippen LogP contribution in [0.1, 0.15) is 15.9 Å². The highest BCUT2D eigenvalue weighted by atomic mass is 19.1. The van der Waals surface area contributed by atoms with E-state index >= 15 is 0 Å². The minimum absolute atomic E-state index is 0.0315. The fourth-order valence-corrected chi connectivity index (χ4v) is 1.76. The van der Waals surface area contributed by atoms with Crippen LogP contribution in [0.25, 0.3) is 0 Å². The minimum Gasteiger partial charge on any atom is -0.478 e. The molecule has 98 valence electrons. The van der Waals surface area contributed by atoms with E-state index in [1.54, 1.807) is 12.4 Å². The van der Waals surface area contributed by atoms with Gasteiger partial charge >= 0.3 is 5.97 Å². The number of carbonyl (C=O) groups is 1. The molecule has 1 aromatic heterocycles. The number of nitrogens with one attached hydrogen (secondary N) is 1. The summed E-state index contributed by atoms with van der Waals surface area (Å²) in [6, 6.07) is 7.72. The maximum atomic E-state index is 13.6. The van der Waals surface area contributed by atoms with E-state index in [0.29, 0.717) is 13.0 Å². The molecule has 0 radical (unpaired) electrons. The molecule has 0 aliphatic carbocycles. The van der Waals surface area contributed by atoms with Gasteiger partial charge in [-0.3, -0.25) is 4.98 Å². The van der Waals surface area contributed by atoms with Crippen molar-refractivity contribution in [1.29, 1.82) is 0 Å². The van der Waals surface area contributed by atoms with Crippen molar-refractivity contribution in [3.63, 3.8) is 0 Å². The van der Waals surface area contributed by atoms with Gasteiger partial charge < -0.3 is 10.4 Å². The van der Waals surface area contributed by atoms with E-state index in [0.717, 1.165) is 5.56 Å². The van der Waals surface area contributed by atoms with Crippen LogP contribution >= 0.6 is 0 Å². The molecule has 0 unspecified atom stereocenters. The summed E-state index contributed by atoms with van der Waals surface area (Å²) in [5.74, 6) is -1.71. The number of para-hydroxylation sites is 1. The first-order valence-corrected chi connectivity index (χ1v) is 5.83. The Morgan fingerprint density at radius 3 is 2.68 bits per heavy atom. The van der Waals surface area contributed by atoms with E-state index in [-0.39, 0.29) is 11.3 Å². The number of aromatic nitrogens is 1. The van der Waals surface area contributed by atoms with E-state index in [4.69, 9.17) is 5.11 Å². The zero-order valence-corrected chi connectivity index (χ0v) is 10.1. The van der Waals surface area contributed by atoms with Crippen molar-refractivity contribution in [3.8, 4) is 0 Å². The summed E-state index contributed by atoms with van der Waals surface area (Å²) < 4.78 is 13.6. The number of nitrogens with zero attached hydrogens (tertiary/aromatic N) is 1. The molecule has 0 saturated heterocycles. The third-order valence-corrected chi connectivity index (χ3v) is 2.71. The molecule has 2 N–H and O–H groups in total. The van der Waals surface area contributed by atoms with Gasteiger partial charge in [-0.2, -0.15) is 0 Å². The lowest BCUT2D eigenvalue weighted by Gasteiger charge is -2.10. The average Bonchev–Trinajstić information content (AvgIpc) is 2.41. The number of rotatable bonds is 5. The van der Waals surface area contributed by atoms with Gasteiger partial charge in [0.1, 0.15) is 5.82 Å². The quantitative estimate of drug-likeness (QED) is 0.867. The third-order valence-electron chi connectivity index (χ3n) is 2.71. The zero-order valence-electron chi connectivity index (χ0n) is 10.1. The molecular weight excluding hydrogens is 247 g/mol. The molecule has 0 amide bonds. The molecule has 0 aliphatic heterocycles. The Morgan fingerprint density at radius 1 is 1.26 bits per heavy atom. The normalized spacial score (nSPS) is 10.2. The van der Waals surface area contributed by atoms with Gasteiger partial charge in [0, 0.05) is 18.9 Å². The molecule has 1 aromatic carbocycles. The summed E-state index contributed by atoms with van der Waals surface area (Å²) in [7, 11) is 0. The summed E-state index contributed by atoms with van der Waals surface area (Å²) in [4.78, 5) is 14.9. The molecule has 2 rings (SSSR count). The number of anilines is 1. The van der Waals surface area contributed by atoms with Gasteiger partial charge in [0.05, 0.1) is 11.3 Å². The highest BCUT2D eigenvalue weighted by Crippen LogP contribution is 2.19. The number of hydrogen-bond acceptors (Lipinski definition) is 3. The number of hydrogen-bond donors (Lipinski definition) is 2. The second-order valence-electron chi connectivity index (χ2n) is 4.00. The van der Waals surface area contributed by atoms with Crippen LogP contribution < -0.4 is 5.32 Å². The number of carboxylic acids is 1. The van der Waals surface area contributed by atoms with Crippen molar-refractivity contribution in [2.45, 2.75) is 6.42 Å². The molecule has 0 atom stereocenters. The lowest BCUT2D eigenvalue weighted by molar-refractivity contribution is 0.0697. The fourth-order valence-electron chi connectivity index (χ4n) is 1.76. The fraction of sp³-hybridized carbons (Fsp3) is 0.143. The first-order chi connectivity index (χ1) is 9.18. The van der Waals surface area contributed by atoms with Crippen molar-refractivity contribution >= 4 is 11.7 Å². The number of aromatic carboxylic acids is 1. The van der Waals surface area contributed by atoms with Gasteiger partial charge in [-0.25, -0.2) is 9.18 Å². The highest BCUT2D eigenvalue weighted by Gasteiger charge is 2.13. The van der Waals surface area contributed by atoms with E-state index < -0.39 is 11.8 Å². The van der Waals surface area contributed by atoms with Crippen LogP contribution in [0.4, 0.5) is 10.1 Å². The maximum absolute atomic E-state index is 13.6. The van der Waals surface area contributed by atoms with Crippen LogP contribution in [0, 0.1) is 5.82 Å².